The van der Waals surface area contributed by atoms with Gasteiger partial charge in [0.15, 0.2) is 0 Å². The summed E-state index contributed by atoms with van der Waals surface area (Å²) in [6.45, 7) is 4.49. The summed E-state index contributed by atoms with van der Waals surface area (Å²) in [6, 6.07) is 13.3. The molecule has 6 nitrogen and oxygen atoms in total. The molecular formula is C20H22BrN3O3S2. The van der Waals surface area contributed by atoms with Crippen LogP contribution in [0.15, 0.2) is 56.7 Å². The molecule has 1 saturated heterocycles. The number of morpholine rings is 1. The standard InChI is InChI=1S/C20H22BrN3O3S2/c1-2-24-18-8-7-15(29(25,26)23-9-11-27-12-10-23)13-17(18)22-20(24)14-28-19-6-4-3-5-16(19)21/h3-8,13H,2,9-12,14H2,1H3. The SMILES string of the molecule is CCn1c(CSc2ccccc2Br)nc2cc(S(=O)(=O)N3CCOCC3)ccc21. The van der Waals surface area contributed by atoms with Crippen LogP contribution in [0.4, 0.5) is 0 Å². The second-order valence-corrected chi connectivity index (χ2v) is 10.5. The monoisotopic (exact) mass is 495 g/mol. The lowest BCUT2D eigenvalue weighted by Gasteiger charge is -2.26. The predicted octanol–water partition coefficient (Wildman–Crippen LogP) is 4.13. The van der Waals surface area contributed by atoms with Crippen LogP contribution in [0, 0.1) is 0 Å². The fourth-order valence-corrected chi connectivity index (χ4v) is 6.37. The molecule has 0 spiro atoms. The third-order valence-corrected chi connectivity index (χ3v) is 8.83. The Kier molecular flexibility index (Phi) is 6.31. The third-order valence-electron chi connectivity index (χ3n) is 4.92. The van der Waals surface area contributed by atoms with Crippen LogP contribution in [-0.4, -0.2) is 48.6 Å². The number of thioether (sulfide) groups is 1. The van der Waals surface area contributed by atoms with E-state index in [0.29, 0.717) is 37.6 Å². The van der Waals surface area contributed by atoms with E-state index in [9.17, 15) is 8.42 Å². The second-order valence-electron chi connectivity index (χ2n) is 6.66. The first kappa shape index (κ1) is 20.9. The van der Waals surface area contributed by atoms with Crippen LogP contribution >= 0.6 is 27.7 Å². The lowest BCUT2D eigenvalue weighted by Crippen LogP contribution is -2.40. The van der Waals surface area contributed by atoms with Crippen LogP contribution in [0.2, 0.25) is 0 Å². The van der Waals surface area contributed by atoms with Crippen molar-refractivity contribution in [1.29, 1.82) is 0 Å². The summed E-state index contributed by atoms with van der Waals surface area (Å²) in [5, 5.41) is 0. The molecule has 0 bridgehead atoms. The Morgan fingerprint density at radius 1 is 1.17 bits per heavy atom. The topological polar surface area (TPSA) is 64.4 Å². The van der Waals surface area contributed by atoms with E-state index < -0.39 is 10.0 Å². The van der Waals surface area contributed by atoms with Crippen molar-refractivity contribution in [2.24, 2.45) is 0 Å². The summed E-state index contributed by atoms with van der Waals surface area (Å²) in [7, 11) is -3.53. The van der Waals surface area contributed by atoms with Gasteiger partial charge in [-0.1, -0.05) is 12.1 Å². The maximum atomic E-state index is 13.0. The Hall–Kier alpha value is -1.39. The molecule has 154 valence electrons. The number of sulfonamides is 1. The molecule has 0 saturated carbocycles. The Bertz CT molecular complexity index is 1130. The second kappa shape index (κ2) is 8.77. The molecule has 2 aromatic carbocycles. The summed E-state index contributed by atoms with van der Waals surface area (Å²) in [4.78, 5) is 6.21. The van der Waals surface area contributed by atoms with Gasteiger partial charge >= 0.3 is 0 Å². The normalized spacial score (nSPS) is 15.8. The van der Waals surface area contributed by atoms with Gasteiger partial charge in [0, 0.05) is 29.0 Å². The minimum absolute atomic E-state index is 0.289. The highest BCUT2D eigenvalue weighted by Gasteiger charge is 2.27. The Morgan fingerprint density at radius 2 is 1.93 bits per heavy atom. The van der Waals surface area contributed by atoms with Crippen molar-refractivity contribution in [2.45, 2.75) is 29.0 Å². The lowest BCUT2D eigenvalue weighted by atomic mass is 10.3. The van der Waals surface area contributed by atoms with Gasteiger partial charge < -0.3 is 9.30 Å². The average Bonchev–Trinajstić information content (AvgIpc) is 3.10. The van der Waals surface area contributed by atoms with E-state index in [4.69, 9.17) is 9.72 Å². The number of nitrogens with zero attached hydrogens (tertiary/aromatic N) is 3. The first-order valence-corrected chi connectivity index (χ1v) is 12.7. The lowest BCUT2D eigenvalue weighted by molar-refractivity contribution is 0.0730. The van der Waals surface area contributed by atoms with Gasteiger partial charge in [-0.2, -0.15) is 4.31 Å². The Morgan fingerprint density at radius 3 is 2.66 bits per heavy atom. The van der Waals surface area contributed by atoms with Gasteiger partial charge in [-0.05, 0) is 53.2 Å². The molecule has 1 aliphatic heterocycles. The Balaban J connectivity index is 1.64. The third kappa shape index (κ3) is 4.25. The zero-order valence-electron chi connectivity index (χ0n) is 16.0. The zero-order chi connectivity index (χ0) is 20.4. The van der Waals surface area contributed by atoms with E-state index in [1.54, 1.807) is 23.9 Å². The van der Waals surface area contributed by atoms with Gasteiger partial charge in [0.25, 0.3) is 0 Å². The number of benzene rings is 2. The quantitative estimate of drug-likeness (QED) is 0.481. The van der Waals surface area contributed by atoms with Crippen LogP contribution in [0.25, 0.3) is 11.0 Å². The minimum Gasteiger partial charge on any atom is -0.379 e. The molecule has 0 aliphatic carbocycles. The van der Waals surface area contributed by atoms with Crippen LogP contribution in [0.1, 0.15) is 12.7 Å². The number of fused-ring (bicyclic) bond motifs is 1. The Labute approximate surface area is 183 Å². The molecule has 0 atom stereocenters. The maximum Gasteiger partial charge on any atom is 0.243 e. The van der Waals surface area contributed by atoms with Gasteiger partial charge in [-0.25, -0.2) is 13.4 Å². The van der Waals surface area contributed by atoms with Crippen molar-refractivity contribution in [3.63, 3.8) is 0 Å². The minimum atomic E-state index is -3.53. The van der Waals surface area contributed by atoms with Crippen molar-refractivity contribution in [1.82, 2.24) is 13.9 Å². The number of rotatable bonds is 6. The molecule has 4 rings (SSSR count). The fraction of sp³-hybridized carbons (Fsp3) is 0.350. The van der Waals surface area contributed by atoms with E-state index in [1.807, 2.05) is 24.3 Å². The van der Waals surface area contributed by atoms with Crippen LogP contribution in [0.3, 0.4) is 0 Å². The number of imidazole rings is 1. The van der Waals surface area contributed by atoms with Gasteiger partial charge in [0.2, 0.25) is 10.0 Å². The molecule has 3 aromatic rings. The number of aryl methyl sites for hydroxylation is 1. The van der Waals surface area contributed by atoms with Crippen LogP contribution < -0.4 is 0 Å². The number of aromatic nitrogens is 2. The van der Waals surface area contributed by atoms with Crippen LogP contribution in [0.5, 0.6) is 0 Å². The molecular weight excluding hydrogens is 474 g/mol. The van der Waals surface area contributed by atoms with Crippen molar-refractivity contribution < 1.29 is 13.2 Å². The fourth-order valence-electron chi connectivity index (χ4n) is 3.42. The van der Waals surface area contributed by atoms with Crippen LogP contribution in [-0.2, 0) is 27.1 Å². The van der Waals surface area contributed by atoms with E-state index in [1.165, 1.54) is 4.31 Å². The molecule has 0 N–H and O–H groups in total. The molecule has 1 aliphatic rings. The van der Waals surface area contributed by atoms with E-state index >= 15 is 0 Å². The molecule has 0 unspecified atom stereocenters. The maximum absolute atomic E-state index is 13.0. The summed E-state index contributed by atoms with van der Waals surface area (Å²) >= 11 is 5.29. The number of halogens is 1. The summed E-state index contributed by atoms with van der Waals surface area (Å²) in [6.07, 6.45) is 0. The molecule has 1 aromatic heterocycles. The van der Waals surface area contributed by atoms with E-state index in [0.717, 1.165) is 27.3 Å². The molecule has 0 radical (unpaired) electrons. The predicted molar refractivity (Wildman–Crippen MR) is 119 cm³/mol. The van der Waals surface area contributed by atoms with Gasteiger partial charge in [0.1, 0.15) is 5.82 Å². The molecule has 2 heterocycles. The molecule has 1 fully saturated rings. The number of hydrogen-bond acceptors (Lipinski definition) is 5. The number of hydrogen-bond donors (Lipinski definition) is 0. The zero-order valence-corrected chi connectivity index (χ0v) is 19.3. The molecule has 29 heavy (non-hydrogen) atoms. The molecule has 0 amide bonds. The number of ether oxygens (including phenoxy) is 1. The van der Waals surface area contributed by atoms with Crippen molar-refractivity contribution in [3.8, 4) is 0 Å². The van der Waals surface area contributed by atoms with Crippen molar-refractivity contribution in [3.05, 3.63) is 52.8 Å². The molecule has 9 heteroatoms. The average molecular weight is 496 g/mol. The van der Waals surface area contributed by atoms with E-state index in [-0.39, 0.29) is 4.90 Å². The summed E-state index contributed by atoms with van der Waals surface area (Å²) < 4.78 is 35.9. The van der Waals surface area contributed by atoms with Gasteiger partial charge in [-0.15, -0.1) is 11.8 Å². The van der Waals surface area contributed by atoms with Gasteiger partial charge in [-0.3, -0.25) is 0 Å². The smallest absolute Gasteiger partial charge is 0.243 e. The highest BCUT2D eigenvalue weighted by molar-refractivity contribution is 9.10. The largest absolute Gasteiger partial charge is 0.379 e. The first-order valence-electron chi connectivity index (χ1n) is 9.45. The van der Waals surface area contributed by atoms with E-state index in [2.05, 4.69) is 33.5 Å². The summed E-state index contributed by atoms with van der Waals surface area (Å²) in [5.41, 5.74) is 1.67. The van der Waals surface area contributed by atoms with Crippen molar-refractivity contribution in [2.75, 3.05) is 26.3 Å². The van der Waals surface area contributed by atoms with Gasteiger partial charge in [0.05, 0.1) is 34.9 Å². The first-order chi connectivity index (χ1) is 14.0. The summed E-state index contributed by atoms with van der Waals surface area (Å²) in [5.74, 6) is 1.64. The highest BCUT2D eigenvalue weighted by Crippen LogP contribution is 2.31. The van der Waals surface area contributed by atoms with Crippen molar-refractivity contribution >= 4 is 48.7 Å². The highest BCUT2D eigenvalue weighted by atomic mass is 79.9.